The van der Waals surface area contributed by atoms with Gasteiger partial charge in [-0.15, -0.1) is 5.10 Å². The Morgan fingerprint density at radius 1 is 1.26 bits per heavy atom. The molecule has 0 saturated carbocycles. The number of esters is 1. The standard InChI is InChI=1S/C17H13ClFN5O3/c1-10(16(25)21-14-7-6-11(19)8-13(14)18)27-17(26)12-4-2-3-5-15(12)24-9-20-22-23-24/h2-10H,1H3,(H,21,25)/t10-/m0/s1. The molecule has 3 rings (SSSR count). The first-order valence-corrected chi connectivity index (χ1v) is 8.13. The minimum Gasteiger partial charge on any atom is -0.449 e. The smallest absolute Gasteiger partial charge is 0.341 e. The number of halogens is 2. The lowest BCUT2D eigenvalue weighted by Crippen LogP contribution is -2.30. The fraction of sp³-hybridized carbons (Fsp3) is 0.118. The third kappa shape index (κ3) is 4.26. The molecule has 138 valence electrons. The molecule has 0 spiro atoms. The van der Waals surface area contributed by atoms with Gasteiger partial charge in [-0.2, -0.15) is 4.68 Å². The molecule has 0 saturated heterocycles. The van der Waals surface area contributed by atoms with E-state index in [0.717, 1.165) is 12.1 Å². The van der Waals surface area contributed by atoms with Crippen molar-refractivity contribution in [1.29, 1.82) is 0 Å². The van der Waals surface area contributed by atoms with Gasteiger partial charge in [-0.1, -0.05) is 23.7 Å². The number of carbonyl (C=O) groups is 2. The molecular weight excluding hydrogens is 377 g/mol. The number of amides is 1. The predicted octanol–water partition coefficient (Wildman–Crippen LogP) is 2.64. The maximum atomic E-state index is 13.1. The van der Waals surface area contributed by atoms with Crippen molar-refractivity contribution in [2.24, 2.45) is 0 Å². The minimum absolute atomic E-state index is 0.0332. The summed E-state index contributed by atoms with van der Waals surface area (Å²) >= 11 is 5.87. The largest absolute Gasteiger partial charge is 0.449 e. The van der Waals surface area contributed by atoms with Crippen LogP contribution in [0.5, 0.6) is 0 Å². The van der Waals surface area contributed by atoms with E-state index < -0.39 is 23.8 Å². The van der Waals surface area contributed by atoms with Gasteiger partial charge in [0.1, 0.15) is 12.1 Å². The molecule has 1 heterocycles. The predicted molar refractivity (Wildman–Crippen MR) is 94.1 cm³/mol. The van der Waals surface area contributed by atoms with Crippen LogP contribution >= 0.6 is 11.6 Å². The number of benzene rings is 2. The van der Waals surface area contributed by atoms with Crippen molar-refractivity contribution in [2.45, 2.75) is 13.0 Å². The Kier molecular flexibility index (Phi) is 5.41. The Labute approximate surface area is 157 Å². The highest BCUT2D eigenvalue weighted by Crippen LogP contribution is 2.23. The van der Waals surface area contributed by atoms with Gasteiger partial charge in [0.2, 0.25) is 0 Å². The normalized spacial score (nSPS) is 11.7. The van der Waals surface area contributed by atoms with E-state index in [9.17, 15) is 14.0 Å². The average Bonchev–Trinajstić information content (AvgIpc) is 3.18. The molecule has 0 radical (unpaired) electrons. The third-order valence-electron chi connectivity index (χ3n) is 3.56. The Hall–Kier alpha value is -3.33. The van der Waals surface area contributed by atoms with Crippen molar-refractivity contribution in [3.63, 3.8) is 0 Å². The molecule has 1 amide bonds. The summed E-state index contributed by atoms with van der Waals surface area (Å²) in [4.78, 5) is 24.7. The van der Waals surface area contributed by atoms with E-state index in [4.69, 9.17) is 16.3 Å². The molecular formula is C17H13ClFN5O3. The molecule has 1 atom stereocenters. The van der Waals surface area contributed by atoms with Crippen molar-refractivity contribution in [3.8, 4) is 5.69 Å². The van der Waals surface area contributed by atoms with Crippen LogP contribution in [0.1, 0.15) is 17.3 Å². The molecule has 8 nitrogen and oxygen atoms in total. The van der Waals surface area contributed by atoms with Gasteiger partial charge in [-0.25, -0.2) is 9.18 Å². The molecule has 0 aliphatic carbocycles. The maximum Gasteiger partial charge on any atom is 0.341 e. The molecule has 0 aliphatic rings. The molecule has 2 aromatic carbocycles. The van der Waals surface area contributed by atoms with E-state index in [1.54, 1.807) is 18.2 Å². The van der Waals surface area contributed by atoms with E-state index in [0.29, 0.717) is 5.69 Å². The first-order valence-electron chi connectivity index (χ1n) is 7.75. The molecule has 0 aliphatic heterocycles. The summed E-state index contributed by atoms with van der Waals surface area (Å²) in [5, 5.41) is 13.3. The molecule has 0 unspecified atom stereocenters. The lowest BCUT2D eigenvalue weighted by atomic mass is 10.2. The van der Waals surface area contributed by atoms with E-state index in [2.05, 4.69) is 20.8 Å². The van der Waals surface area contributed by atoms with E-state index in [1.165, 1.54) is 30.1 Å². The SMILES string of the molecule is C[C@H](OC(=O)c1ccccc1-n1cnnn1)C(=O)Nc1ccc(F)cc1Cl. The Bertz CT molecular complexity index is 980. The van der Waals surface area contributed by atoms with Crippen LogP contribution in [0.25, 0.3) is 5.69 Å². The van der Waals surface area contributed by atoms with Gasteiger partial charge in [0.05, 0.1) is 22.0 Å². The van der Waals surface area contributed by atoms with E-state index in [-0.39, 0.29) is 16.3 Å². The number of nitrogens with zero attached hydrogens (tertiary/aromatic N) is 4. The van der Waals surface area contributed by atoms with Crippen LogP contribution in [0, 0.1) is 5.82 Å². The highest BCUT2D eigenvalue weighted by molar-refractivity contribution is 6.33. The Morgan fingerprint density at radius 3 is 2.74 bits per heavy atom. The topological polar surface area (TPSA) is 99.0 Å². The van der Waals surface area contributed by atoms with Crippen molar-refractivity contribution < 1.29 is 18.7 Å². The number of aromatic nitrogens is 4. The summed E-state index contributed by atoms with van der Waals surface area (Å²) in [7, 11) is 0. The van der Waals surface area contributed by atoms with Gasteiger partial charge >= 0.3 is 5.97 Å². The van der Waals surface area contributed by atoms with Crippen LogP contribution < -0.4 is 5.32 Å². The third-order valence-corrected chi connectivity index (χ3v) is 3.87. The Morgan fingerprint density at radius 2 is 2.04 bits per heavy atom. The molecule has 1 aromatic heterocycles. The summed E-state index contributed by atoms with van der Waals surface area (Å²) in [6.45, 7) is 1.41. The summed E-state index contributed by atoms with van der Waals surface area (Å²) in [5.41, 5.74) is 0.797. The maximum absolute atomic E-state index is 13.1. The molecule has 0 bridgehead atoms. The highest BCUT2D eigenvalue weighted by atomic mass is 35.5. The molecule has 10 heteroatoms. The van der Waals surface area contributed by atoms with Crippen LogP contribution in [0.2, 0.25) is 5.02 Å². The van der Waals surface area contributed by atoms with Gasteiger partial charge < -0.3 is 10.1 Å². The van der Waals surface area contributed by atoms with Gasteiger partial charge in [-0.3, -0.25) is 4.79 Å². The highest BCUT2D eigenvalue weighted by Gasteiger charge is 2.22. The fourth-order valence-electron chi connectivity index (χ4n) is 2.22. The summed E-state index contributed by atoms with van der Waals surface area (Å²) < 4.78 is 19.6. The second-order valence-electron chi connectivity index (χ2n) is 5.43. The first kappa shape index (κ1) is 18.5. The van der Waals surface area contributed by atoms with Crippen molar-refractivity contribution in [3.05, 3.63) is 65.2 Å². The monoisotopic (exact) mass is 389 g/mol. The minimum atomic E-state index is -1.12. The van der Waals surface area contributed by atoms with Crippen molar-refractivity contribution in [2.75, 3.05) is 5.32 Å². The number of hydrogen-bond acceptors (Lipinski definition) is 6. The quantitative estimate of drug-likeness (QED) is 0.673. The molecule has 1 N–H and O–H groups in total. The number of ether oxygens (including phenoxy) is 1. The van der Waals surface area contributed by atoms with Crippen LogP contribution in [0.15, 0.2) is 48.8 Å². The van der Waals surface area contributed by atoms with E-state index >= 15 is 0 Å². The Balaban J connectivity index is 1.72. The summed E-state index contributed by atoms with van der Waals surface area (Å²) in [6.07, 6.45) is 0.208. The van der Waals surface area contributed by atoms with Crippen molar-refractivity contribution >= 4 is 29.2 Å². The van der Waals surface area contributed by atoms with Crippen LogP contribution in [-0.4, -0.2) is 38.2 Å². The zero-order chi connectivity index (χ0) is 19.4. The molecule has 3 aromatic rings. The second kappa shape index (κ2) is 7.92. The van der Waals surface area contributed by atoms with Crippen LogP contribution in [-0.2, 0) is 9.53 Å². The summed E-state index contributed by atoms with van der Waals surface area (Å²) in [6, 6.07) is 10.1. The molecule has 27 heavy (non-hydrogen) atoms. The van der Waals surface area contributed by atoms with Crippen LogP contribution in [0.3, 0.4) is 0 Å². The fourth-order valence-corrected chi connectivity index (χ4v) is 2.43. The van der Waals surface area contributed by atoms with Gasteiger partial charge in [0.25, 0.3) is 5.91 Å². The number of nitrogens with one attached hydrogen (secondary N) is 1. The molecule has 0 fully saturated rings. The van der Waals surface area contributed by atoms with Gasteiger partial charge in [0.15, 0.2) is 6.10 Å². The van der Waals surface area contributed by atoms with Crippen LogP contribution in [0.4, 0.5) is 10.1 Å². The van der Waals surface area contributed by atoms with Crippen molar-refractivity contribution in [1.82, 2.24) is 20.2 Å². The first-order chi connectivity index (χ1) is 13.0. The van der Waals surface area contributed by atoms with Gasteiger partial charge in [0, 0.05) is 0 Å². The summed E-state index contributed by atoms with van der Waals surface area (Å²) in [5.74, 6) is -1.87. The average molecular weight is 390 g/mol. The van der Waals surface area contributed by atoms with Gasteiger partial charge in [-0.05, 0) is 47.7 Å². The lowest BCUT2D eigenvalue weighted by molar-refractivity contribution is -0.123. The lowest BCUT2D eigenvalue weighted by Gasteiger charge is -2.15. The number of anilines is 1. The number of tetrazole rings is 1. The zero-order valence-electron chi connectivity index (χ0n) is 14.0. The number of hydrogen-bond donors (Lipinski definition) is 1. The zero-order valence-corrected chi connectivity index (χ0v) is 14.7. The second-order valence-corrected chi connectivity index (χ2v) is 5.84. The van der Waals surface area contributed by atoms with E-state index in [1.807, 2.05) is 0 Å². The number of rotatable bonds is 5. The number of para-hydroxylation sites is 1. The number of carbonyl (C=O) groups excluding carboxylic acids is 2.